The standard InChI is InChI=1S/C3H8O4P2S2/c1-3(2)9(5,11)7-6-8(4)10/h3H,1-2H3,(H-,4,5,10,11)/p+1. The zero-order valence-corrected chi connectivity index (χ0v) is 9.50. The highest BCUT2D eigenvalue weighted by Gasteiger charge is 2.25. The second kappa shape index (κ2) is 4.87. The summed E-state index contributed by atoms with van der Waals surface area (Å²) in [5, 5.41) is 0. The van der Waals surface area contributed by atoms with E-state index in [2.05, 4.69) is 33.4 Å². The van der Waals surface area contributed by atoms with E-state index in [4.69, 9.17) is 0 Å². The zero-order valence-electron chi connectivity index (χ0n) is 6.00. The Bertz CT molecular complexity index is 194. The average molecular weight is 235 g/mol. The molecule has 8 heteroatoms. The molecule has 4 nitrogen and oxygen atoms in total. The van der Waals surface area contributed by atoms with Crippen LogP contribution in [0.5, 0.6) is 0 Å². The zero-order chi connectivity index (χ0) is 9.07. The summed E-state index contributed by atoms with van der Waals surface area (Å²) in [4.78, 5) is 9.26. The highest BCUT2D eigenvalue weighted by molar-refractivity contribution is 8.39. The van der Waals surface area contributed by atoms with E-state index in [1.165, 1.54) is 0 Å². The molecule has 11 heavy (non-hydrogen) atoms. The normalized spacial score (nSPS) is 18.1. The van der Waals surface area contributed by atoms with Crippen LogP contribution in [0.4, 0.5) is 0 Å². The summed E-state index contributed by atoms with van der Waals surface area (Å²) >= 11 is 8.04. The molecule has 0 bridgehead atoms. The lowest BCUT2D eigenvalue weighted by atomic mass is 10.6. The van der Waals surface area contributed by atoms with E-state index in [-0.39, 0.29) is 5.66 Å². The maximum absolute atomic E-state index is 10.2. The maximum Gasteiger partial charge on any atom is 0.613 e. The number of hydrogen-bond donors (Lipinski definition) is 2. The summed E-state index contributed by atoms with van der Waals surface area (Å²) in [6.07, 6.45) is 0. The second-order valence-corrected chi connectivity index (χ2v) is 7.53. The molecule has 0 aromatic carbocycles. The van der Waals surface area contributed by atoms with Crippen molar-refractivity contribution in [3.05, 3.63) is 0 Å². The molecule has 2 unspecified atom stereocenters. The Labute approximate surface area is 76.4 Å². The van der Waals surface area contributed by atoms with Crippen molar-refractivity contribution in [1.82, 2.24) is 0 Å². The summed E-state index contributed by atoms with van der Waals surface area (Å²) in [6.45, 7) is 0.440. The summed E-state index contributed by atoms with van der Waals surface area (Å²) in [6, 6.07) is 0. The van der Waals surface area contributed by atoms with Crippen LogP contribution < -0.4 is 0 Å². The molecule has 0 rings (SSSR count). The molecule has 1 N–H and O–H groups in total. The van der Waals surface area contributed by atoms with Gasteiger partial charge in [0, 0.05) is 10.3 Å². The molecule has 0 heterocycles. The Balaban J connectivity index is 3.93. The fourth-order valence-electron chi connectivity index (χ4n) is 0.162. The van der Waals surface area contributed by atoms with Crippen molar-refractivity contribution in [2.45, 2.75) is 19.5 Å². The van der Waals surface area contributed by atoms with Gasteiger partial charge in [-0.15, -0.1) is 4.67 Å². The fourth-order valence-corrected chi connectivity index (χ4v) is 1.46. The van der Waals surface area contributed by atoms with E-state index in [1.54, 1.807) is 13.8 Å². The molecule has 0 aromatic heterocycles. The van der Waals surface area contributed by atoms with Crippen molar-refractivity contribution in [3.8, 4) is 0 Å². The fraction of sp³-hybridized carbons (Fsp3) is 1.00. The van der Waals surface area contributed by atoms with Crippen molar-refractivity contribution in [2.24, 2.45) is 0 Å². The molecule has 66 valence electrons. The van der Waals surface area contributed by atoms with Gasteiger partial charge in [-0.1, -0.05) is 13.8 Å². The Morgan fingerprint density at radius 2 is 2.18 bits per heavy atom. The number of rotatable bonds is 4. The van der Waals surface area contributed by atoms with Gasteiger partial charge in [-0.3, -0.25) is 0 Å². The Kier molecular flexibility index (Phi) is 5.31. The molecular formula is C3H9O4P2S2+. The van der Waals surface area contributed by atoms with Crippen LogP contribution in [0.3, 0.4) is 0 Å². The molecule has 0 amide bonds. The molecule has 0 radical (unpaired) electrons. The van der Waals surface area contributed by atoms with Gasteiger partial charge < -0.3 is 4.89 Å². The highest BCUT2D eigenvalue weighted by atomic mass is 32.7. The largest absolute Gasteiger partial charge is 0.613 e. The van der Waals surface area contributed by atoms with Gasteiger partial charge >= 0.3 is 7.23 Å². The van der Waals surface area contributed by atoms with E-state index in [0.717, 1.165) is 0 Å². The van der Waals surface area contributed by atoms with Crippen LogP contribution in [0.25, 0.3) is 0 Å². The van der Waals surface area contributed by atoms with Crippen molar-refractivity contribution < 1.29 is 18.8 Å². The summed E-state index contributed by atoms with van der Waals surface area (Å²) in [5.41, 5.74) is -0.221. The molecule has 0 saturated heterocycles. The first-order chi connectivity index (χ1) is 4.86. The van der Waals surface area contributed by atoms with Crippen LogP contribution in [-0.2, 0) is 25.7 Å². The molecule has 0 fully saturated rings. The van der Waals surface area contributed by atoms with Gasteiger partial charge in [-0.2, -0.15) is 0 Å². The number of thiol groups is 1. The molecule has 0 saturated carbocycles. The van der Waals surface area contributed by atoms with Gasteiger partial charge in [0.05, 0.1) is 0 Å². The third kappa shape index (κ3) is 5.26. The number of hydrogen-bond acceptors (Lipinski definition) is 4. The third-order valence-corrected chi connectivity index (χ3v) is 4.42. The molecule has 0 aromatic rings. The first-order valence-corrected chi connectivity index (χ1v) is 7.78. The SMILES string of the molecule is CC(C)P(O)(=S)OO[P+](=O)S. The van der Waals surface area contributed by atoms with Crippen LogP contribution in [0.1, 0.15) is 13.8 Å². The predicted molar refractivity (Wildman–Crippen MR) is 50.4 cm³/mol. The van der Waals surface area contributed by atoms with Gasteiger partial charge in [0.1, 0.15) is 12.2 Å². The van der Waals surface area contributed by atoms with Gasteiger partial charge in [-0.05, 0) is 16.4 Å². The minimum Gasteiger partial charge on any atom is -0.343 e. The van der Waals surface area contributed by atoms with Crippen molar-refractivity contribution in [3.63, 3.8) is 0 Å². The lowest BCUT2D eigenvalue weighted by Crippen LogP contribution is -1.98. The lowest BCUT2D eigenvalue weighted by Gasteiger charge is -2.12. The van der Waals surface area contributed by atoms with Gasteiger partial charge in [0.2, 0.25) is 6.49 Å². The summed E-state index contributed by atoms with van der Waals surface area (Å²) < 4.78 is 18.7. The van der Waals surface area contributed by atoms with Gasteiger partial charge in [-0.25, -0.2) is 0 Å². The van der Waals surface area contributed by atoms with E-state index in [1.807, 2.05) is 0 Å². The minimum absolute atomic E-state index is 0.221. The Hall–Kier alpha value is 0.980. The summed E-state index contributed by atoms with van der Waals surface area (Å²) in [7, 11) is -2.17. The van der Waals surface area contributed by atoms with Crippen molar-refractivity contribution in [1.29, 1.82) is 0 Å². The minimum atomic E-state index is -2.94. The van der Waals surface area contributed by atoms with Gasteiger partial charge in [0.15, 0.2) is 0 Å². The monoisotopic (exact) mass is 235 g/mol. The van der Waals surface area contributed by atoms with Crippen molar-refractivity contribution >= 4 is 37.8 Å². The van der Waals surface area contributed by atoms with Gasteiger partial charge in [0.25, 0.3) is 0 Å². The predicted octanol–water partition coefficient (Wildman–Crippen LogP) is 2.23. The van der Waals surface area contributed by atoms with E-state index < -0.39 is 13.7 Å². The van der Waals surface area contributed by atoms with Crippen LogP contribution in [0.2, 0.25) is 0 Å². The van der Waals surface area contributed by atoms with E-state index >= 15 is 0 Å². The smallest absolute Gasteiger partial charge is 0.343 e. The molecule has 0 spiro atoms. The van der Waals surface area contributed by atoms with E-state index in [0.29, 0.717) is 0 Å². The maximum atomic E-state index is 10.2. The van der Waals surface area contributed by atoms with Crippen LogP contribution in [0.15, 0.2) is 0 Å². The van der Waals surface area contributed by atoms with E-state index in [9.17, 15) is 9.46 Å². The van der Waals surface area contributed by atoms with Crippen LogP contribution >= 0.6 is 26.0 Å². The molecule has 0 aliphatic heterocycles. The first kappa shape index (κ1) is 12.0. The second-order valence-electron chi connectivity index (χ2n) is 2.04. The quantitative estimate of drug-likeness (QED) is 0.338. The van der Waals surface area contributed by atoms with Crippen LogP contribution in [0, 0.1) is 0 Å². The Morgan fingerprint density at radius 3 is 2.45 bits per heavy atom. The topological polar surface area (TPSA) is 55.8 Å². The lowest BCUT2D eigenvalue weighted by molar-refractivity contribution is -0.0883. The summed E-state index contributed by atoms with van der Waals surface area (Å²) in [5.74, 6) is 0. The molecule has 2 atom stereocenters. The molecular weight excluding hydrogens is 226 g/mol. The third-order valence-electron chi connectivity index (χ3n) is 0.856. The Morgan fingerprint density at radius 1 is 1.73 bits per heavy atom. The highest BCUT2D eigenvalue weighted by Crippen LogP contribution is 2.50. The average Bonchev–Trinajstić information content (AvgIpc) is 1.84. The van der Waals surface area contributed by atoms with Crippen LogP contribution in [-0.4, -0.2) is 10.6 Å². The van der Waals surface area contributed by atoms with Crippen molar-refractivity contribution in [2.75, 3.05) is 0 Å². The molecule has 0 aliphatic rings. The molecule has 0 aliphatic carbocycles. The first-order valence-electron chi connectivity index (χ1n) is 2.71.